The van der Waals surface area contributed by atoms with Gasteiger partial charge in [-0.15, -0.1) is 0 Å². The number of carbonyl (C=O) groups excluding carboxylic acids is 1. The maximum absolute atomic E-state index is 12.7. The van der Waals surface area contributed by atoms with Crippen molar-refractivity contribution >= 4 is 11.9 Å². The maximum Gasteiger partial charge on any atom is 0.240 e. The van der Waals surface area contributed by atoms with E-state index < -0.39 is 0 Å². The van der Waals surface area contributed by atoms with E-state index in [1.807, 2.05) is 60.7 Å². The predicted octanol–water partition coefficient (Wildman–Crippen LogP) is 4.49. The minimum atomic E-state index is -0.0829. The molecule has 3 aromatic rings. The minimum absolute atomic E-state index is 0.0829. The lowest BCUT2D eigenvalue weighted by Crippen LogP contribution is -2.38. The van der Waals surface area contributed by atoms with Crippen molar-refractivity contribution in [3.63, 3.8) is 0 Å². The quantitative estimate of drug-likeness (QED) is 0.641. The zero-order valence-electron chi connectivity index (χ0n) is 18.0. The van der Waals surface area contributed by atoms with Crippen LogP contribution in [0.2, 0.25) is 0 Å². The molecule has 1 fully saturated rings. The van der Waals surface area contributed by atoms with E-state index in [0.717, 1.165) is 60.1 Å². The highest BCUT2D eigenvalue weighted by Crippen LogP contribution is 2.26. The number of nitrogens with one attached hydrogen (secondary N) is 1. The van der Waals surface area contributed by atoms with Crippen molar-refractivity contribution in [1.82, 2.24) is 14.9 Å². The highest BCUT2D eigenvalue weighted by atomic mass is 16.5. The van der Waals surface area contributed by atoms with Crippen molar-refractivity contribution in [3.8, 4) is 28.3 Å². The summed E-state index contributed by atoms with van der Waals surface area (Å²) in [6.45, 7) is 4.54. The molecule has 6 nitrogen and oxygen atoms in total. The van der Waals surface area contributed by atoms with Gasteiger partial charge in [-0.25, -0.2) is 9.97 Å². The molecule has 0 radical (unpaired) electrons. The van der Waals surface area contributed by atoms with Crippen molar-refractivity contribution in [2.45, 2.75) is 19.8 Å². The summed E-state index contributed by atoms with van der Waals surface area (Å²) >= 11 is 0. The van der Waals surface area contributed by atoms with Crippen LogP contribution in [0.5, 0.6) is 5.75 Å². The number of piperidine rings is 1. The predicted molar refractivity (Wildman–Crippen MR) is 123 cm³/mol. The Balaban J connectivity index is 1.59. The number of methoxy groups -OCH3 is 1. The monoisotopic (exact) mass is 416 g/mol. The molecule has 0 spiro atoms. The average molecular weight is 417 g/mol. The third-order valence-corrected chi connectivity index (χ3v) is 5.68. The Morgan fingerprint density at radius 3 is 2.23 bits per heavy atom. The lowest BCUT2D eigenvalue weighted by atomic mass is 9.99. The number of anilines is 1. The van der Waals surface area contributed by atoms with Crippen LogP contribution in [-0.2, 0) is 4.79 Å². The van der Waals surface area contributed by atoms with Crippen molar-refractivity contribution < 1.29 is 9.53 Å². The number of ether oxygens (including phenoxy) is 1. The molecule has 1 aliphatic rings. The first-order chi connectivity index (χ1) is 15.1. The summed E-state index contributed by atoms with van der Waals surface area (Å²) in [6, 6.07) is 19.6. The summed E-state index contributed by atoms with van der Waals surface area (Å²) < 4.78 is 5.26. The second-order valence-electron chi connectivity index (χ2n) is 8.06. The van der Waals surface area contributed by atoms with Crippen LogP contribution in [0.25, 0.3) is 22.5 Å². The Morgan fingerprint density at radius 2 is 1.61 bits per heavy atom. The molecule has 160 valence electrons. The van der Waals surface area contributed by atoms with Crippen molar-refractivity contribution in [1.29, 1.82) is 0 Å². The van der Waals surface area contributed by atoms with Gasteiger partial charge in [0.15, 0.2) is 0 Å². The third kappa shape index (κ3) is 5.47. The molecule has 2 heterocycles. The second kappa shape index (κ2) is 9.71. The number of likely N-dealkylation sites (tertiary alicyclic amines) is 1. The molecule has 1 amide bonds. The lowest BCUT2D eigenvalue weighted by Gasteiger charge is -2.29. The number of aromatic nitrogens is 2. The first-order valence-electron chi connectivity index (χ1n) is 10.7. The van der Waals surface area contributed by atoms with Gasteiger partial charge in [0.25, 0.3) is 0 Å². The van der Waals surface area contributed by atoms with Gasteiger partial charge in [0, 0.05) is 11.1 Å². The molecule has 0 saturated carbocycles. The molecule has 4 rings (SSSR count). The molecule has 6 heteroatoms. The zero-order valence-corrected chi connectivity index (χ0v) is 18.0. The normalized spacial score (nSPS) is 14.9. The zero-order chi connectivity index (χ0) is 21.6. The number of amides is 1. The Labute approximate surface area is 183 Å². The van der Waals surface area contributed by atoms with Gasteiger partial charge in [0.2, 0.25) is 11.9 Å². The van der Waals surface area contributed by atoms with E-state index in [-0.39, 0.29) is 5.91 Å². The minimum Gasteiger partial charge on any atom is -0.497 e. The number of hydrogen-bond donors (Lipinski definition) is 1. The van der Waals surface area contributed by atoms with Gasteiger partial charge in [-0.1, -0.05) is 37.3 Å². The van der Waals surface area contributed by atoms with Gasteiger partial charge >= 0.3 is 0 Å². The van der Waals surface area contributed by atoms with Crippen LogP contribution in [0, 0.1) is 5.92 Å². The molecule has 2 aromatic carbocycles. The highest BCUT2D eigenvalue weighted by Gasteiger charge is 2.19. The first-order valence-corrected chi connectivity index (χ1v) is 10.7. The number of carbonyl (C=O) groups is 1. The van der Waals surface area contributed by atoms with Gasteiger partial charge in [-0.2, -0.15) is 0 Å². The standard InChI is InChI=1S/C25H28N4O2/c1-18-12-14-29(15-13-18)17-24(30)28-25-26-22(19-6-4-3-5-7-19)16-23(27-25)20-8-10-21(31-2)11-9-20/h3-11,16,18H,12-15,17H2,1-2H3,(H,26,27,28,30). The molecule has 31 heavy (non-hydrogen) atoms. The van der Waals surface area contributed by atoms with Crippen LogP contribution in [0.3, 0.4) is 0 Å². The Kier molecular flexibility index (Phi) is 6.57. The van der Waals surface area contributed by atoms with Crippen LogP contribution >= 0.6 is 0 Å². The summed E-state index contributed by atoms with van der Waals surface area (Å²) in [6.07, 6.45) is 2.27. The highest BCUT2D eigenvalue weighted by molar-refractivity contribution is 5.91. The molecular formula is C25H28N4O2. The van der Waals surface area contributed by atoms with Crippen LogP contribution in [0.15, 0.2) is 60.7 Å². The van der Waals surface area contributed by atoms with Crippen molar-refractivity contribution in [3.05, 3.63) is 60.7 Å². The van der Waals surface area contributed by atoms with Gasteiger partial charge in [0.1, 0.15) is 5.75 Å². The summed E-state index contributed by atoms with van der Waals surface area (Å²) in [5, 5.41) is 2.92. The summed E-state index contributed by atoms with van der Waals surface area (Å²) in [5.41, 5.74) is 3.42. The topological polar surface area (TPSA) is 67.3 Å². The van der Waals surface area contributed by atoms with Gasteiger partial charge in [-0.3, -0.25) is 15.0 Å². The van der Waals surface area contributed by atoms with Crippen molar-refractivity contribution in [2.24, 2.45) is 5.92 Å². The van der Waals surface area contributed by atoms with Crippen LogP contribution in [-0.4, -0.2) is 47.5 Å². The molecule has 0 atom stereocenters. The summed E-state index contributed by atoms with van der Waals surface area (Å²) in [4.78, 5) is 24.1. The van der Waals surface area contributed by atoms with E-state index in [2.05, 4.69) is 27.1 Å². The fraction of sp³-hybridized carbons (Fsp3) is 0.320. The van der Waals surface area contributed by atoms with E-state index in [1.54, 1.807) is 7.11 Å². The molecule has 0 aliphatic carbocycles. The van der Waals surface area contributed by atoms with Crippen LogP contribution < -0.4 is 10.1 Å². The molecule has 0 bridgehead atoms. The molecule has 0 unspecified atom stereocenters. The average Bonchev–Trinajstić information content (AvgIpc) is 2.81. The van der Waals surface area contributed by atoms with E-state index >= 15 is 0 Å². The molecule has 1 aromatic heterocycles. The summed E-state index contributed by atoms with van der Waals surface area (Å²) in [7, 11) is 1.64. The second-order valence-corrected chi connectivity index (χ2v) is 8.06. The van der Waals surface area contributed by atoms with E-state index in [4.69, 9.17) is 4.74 Å². The molecule has 1 aliphatic heterocycles. The Bertz CT molecular complexity index is 1010. The number of benzene rings is 2. The number of nitrogens with zero attached hydrogens (tertiary/aromatic N) is 3. The van der Waals surface area contributed by atoms with Gasteiger partial charge in [-0.05, 0) is 62.2 Å². The van der Waals surface area contributed by atoms with E-state index in [0.29, 0.717) is 12.5 Å². The molecule has 1 N–H and O–H groups in total. The smallest absolute Gasteiger partial charge is 0.240 e. The number of rotatable bonds is 6. The van der Waals surface area contributed by atoms with Gasteiger partial charge in [0.05, 0.1) is 25.0 Å². The Hall–Kier alpha value is -3.25. The SMILES string of the molecule is COc1ccc(-c2cc(-c3ccccc3)nc(NC(=O)CN3CCC(C)CC3)n2)cc1. The summed E-state index contributed by atoms with van der Waals surface area (Å²) in [5.74, 6) is 1.76. The van der Waals surface area contributed by atoms with Gasteiger partial charge < -0.3 is 4.74 Å². The Morgan fingerprint density at radius 1 is 1.00 bits per heavy atom. The number of hydrogen-bond acceptors (Lipinski definition) is 5. The van der Waals surface area contributed by atoms with E-state index in [9.17, 15) is 4.79 Å². The van der Waals surface area contributed by atoms with Crippen molar-refractivity contribution in [2.75, 3.05) is 32.1 Å². The third-order valence-electron chi connectivity index (χ3n) is 5.68. The van der Waals surface area contributed by atoms with E-state index in [1.165, 1.54) is 0 Å². The molecule has 1 saturated heterocycles. The fourth-order valence-electron chi connectivity index (χ4n) is 3.76. The maximum atomic E-state index is 12.7. The first kappa shape index (κ1) is 21.0. The van der Waals surface area contributed by atoms with Crippen LogP contribution in [0.4, 0.5) is 5.95 Å². The van der Waals surface area contributed by atoms with Crippen LogP contribution in [0.1, 0.15) is 19.8 Å². The fourth-order valence-corrected chi connectivity index (χ4v) is 3.76. The molecular weight excluding hydrogens is 388 g/mol. The largest absolute Gasteiger partial charge is 0.497 e. The lowest BCUT2D eigenvalue weighted by molar-refractivity contribution is -0.117.